The Morgan fingerprint density at radius 3 is 2.21 bits per heavy atom. The van der Waals surface area contributed by atoms with Crippen molar-refractivity contribution in [3.8, 4) is 5.75 Å². The lowest BCUT2D eigenvalue weighted by Gasteiger charge is -2.23. The molecule has 19 heavy (non-hydrogen) atoms. The molecule has 0 aliphatic heterocycles. The molecule has 0 amide bonds. The molecule has 108 valence electrons. The van der Waals surface area contributed by atoms with E-state index in [-0.39, 0.29) is 5.41 Å². The van der Waals surface area contributed by atoms with Gasteiger partial charge in [0, 0.05) is 0 Å². The van der Waals surface area contributed by atoms with Gasteiger partial charge in [-0.2, -0.15) is 0 Å². The van der Waals surface area contributed by atoms with Gasteiger partial charge in [0.15, 0.2) is 0 Å². The third-order valence-electron chi connectivity index (χ3n) is 3.79. The first kappa shape index (κ1) is 16.0. The maximum absolute atomic E-state index is 5.77. The van der Waals surface area contributed by atoms with Crippen LogP contribution in [0, 0.1) is 0 Å². The topological polar surface area (TPSA) is 12.5 Å². The van der Waals surface area contributed by atoms with Crippen LogP contribution in [0.5, 0.6) is 5.75 Å². The van der Waals surface area contributed by atoms with Crippen molar-refractivity contribution in [3.05, 3.63) is 29.8 Å². The molecule has 0 bridgehead atoms. The van der Waals surface area contributed by atoms with Gasteiger partial charge >= 0.3 is 0 Å². The van der Waals surface area contributed by atoms with E-state index in [2.05, 4.69) is 64.0 Å². The zero-order chi connectivity index (χ0) is 14.3. The predicted octanol–water partition coefficient (Wildman–Crippen LogP) is 4.09. The molecule has 0 atom stereocenters. The van der Waals surface area contributed by atoms with E-state index in [1.54, 1.807) is 0 Å². The van der Waals surface area contributed by atoms with Gasteiger partial charge in [0.2, 0.25) is 0 Å². The Morgan fingerprint density at radius 2 is 1.68 bits per heavy atom. The van der Waals surface area contributed by atoms with Crippen molar-refractivity contribution in [2.75, 3.05) is 27.2 Å². The largest absolute Gasteiger partial charge is 0.494 e. The number of ether oxygens (including phenoxy) is 1. The summed E-state index contributed by atoms with van der Waals surface area (Å²) < 4.78 is 5.77. The molecule has 2 heteroatoms. The molecular weight excluding hydrogens is 234 g/mol. The summed E-state index contributed by atoms with van der Waals surface area (Å²) in [5.41, 5.74) is 1.64. The van der Waals surface area contributed by atoms with E-state index in [0.29, 0.717) is 0 Å². The van der Waals surface area contributed by atoms with Gasteiger partial charge in [0.1, 0.15) is 5.75 Å². The monoisotopic (exact) mass is 263 g/mol. The van der Waals surface area contributed by atoms with Crippen molar-refractivity contribution >= 4 is 0 Å². The standard InChI is InChI=1S/C17H29NO/c1-6-17(2,3)15-9-11-16(12-10-15)19-14-8-7-13-18(4)5/h9-12H,6-8,13-14H2,1-5H3. The van der Waals surface area contributed by atoms with Crippen LogP contribution in [0.15, 0.2) is 24.3 Å². The number of hydrogen-bond donors (Lipinski definition) is 0. The molecule has 0 unspecified atom stereocenters. The van der Waals surface area contributed by atoms with Crippen LogP contribution in [0.2, 0.25) is 0 Å². The molecule has 0 fully saturated rings. The van der Waals surface area contributed by atoms with Crippen LogP contribution in [-0.2, 0) is 5.41 Å². The molecule has 2 nitrogen and oxygen atoms in total. The average molecular weight is 263 g/mol. The highest BCUT2D eigenvalue weighted by Crippen LogP contribution is 2.28. The van der Waals surface area contributed by atoms with Gasteiger partial charge in [-0.3, -0.25) is 0 Å². The summed E-state index contributed by atoms with van der Waals surface area (Å²) >= 11 is 0. The van der Waals surface area contributed by atoms with E-state index in [1.807, 2.05) is 0 Å². The lowest BCUT2D eigenvalue weighted by molar-refractivity contribution is 0.293. The van der Waals surface area contributed by atoms with Gasteiger partial charge in [-0.15, -0.1) is 0 Å². The summed E-state index contributed by atoms with van der Waals surface area (Å²) in [4.78, 5) is 2.21. The van der Waals surface area contributed by atoms with E-state index in [0.717, 1.165) is 31.7 Å². The molecular formula is C17H29NO. The molecule has 0 aliphatic carbocycles. The average Bonchev–Trinajstić information content (AvgIpc) is 2.38. The van der Waals surface area contributed by atoms with Crippen molar-refractivity contribution in [1.29, 1.82) is 0 Å². The van der Waals surface area contributed by atoms with Crippen molar-refractivity contribution in [3.63, 3.8) is 0 Å². The van der Waals surface area contributed by atoms with Crippen LogP contribution in [0.25, 0.3) is 0 Å². The van der Waals surface area contributed by atoms with Gasteiger partial charge in [-0.05, 0) is 63.0 Å². The molecule has 1 rings (SSSR count). The number of benzene rings is 1. The quantitative estimate of drug-likeness (QED) is 0.655. The summed E-state index contributed by atoms with van der Waals surface area (Å²) in [5, 5.41) is 0. The zero-order valence-electron chi connectivity index (χ0n) is 13.2. The van der Waals surface area contributed by atoms with Crippen LogP contribution in [0.4, 0.5) is 0 Å². The maximum Gasteiger partial charge on any atom is 0.119 e. The fraction of sp³-hybridized carbons (Fsp3) is 0.647. The first-order chi connectivity index (χ1) is 8.95. The lowest BCUT2D eigenvalue weighted by Crippen LogP contribution is -2.15. The van der Waals surface area contributed by atoms with Crippen LogP contribution in [0.1, 0.15) is 45.6 Å². The van der Waals surface area contributed by atoms with Crippen molar-refractivity contribution in [1.82, 2.24) is 4.90 Å². The smallest absolute Gasteiger partial charge is 0.119 e. The first-order valence-corrected chi connectivity index (χ1v) is 7.34. The van der Waals surface area contributed by atoms with Gasteiger partial charge in [0.25, 0.3) is 0 Å². The van der Waals surface area contributed by atoms with E-state index in [4.69, 9.17) is 4.74 Å². The number of rotatable bonds is 8. The summed E-state index contributed by atoms with van der Waals surface area (Å²) in [6.45, 7) is 8.74. The third kappa shape index (κ3) is 5.65. The zero-order valence-corrected chi connectivity index (χ0v) is 13.2. The highest BCUT2D eigenvalue weighted by atomic mass is 16.5. The fourth-order valence-corrected chi connectivity index (χ4v) is 1.93. The summed E-state index contributed by atoms with van der Waals surface area (Å²) in [6, 6.07) is 8.58. The van der Waals surface area contributed by atoms with Crippen molar-refractivity contribution in [2.24, 2.45) is 0 Å². The molecule has 0 aromatic heterocycles. The molecule has 0 saturated heterocycles. The van der Waals surface area contributed by atoms with E-state index in [9.17, 15) is 0 Å². The predicted molar refractivity (Wildman–Crippen MR) is 83.0 cm³/mol. The summed E-state index contributed by atoms with van der Waals surface area (Å²) in [6.07, 6.45) is 3.45. The molecule has 1 aromatic carbocycles. The second kappa shape index (κ2) is 7.54. The Labute approximate surface area is 118 Å². The molecule has 0 saturated carbocycles. The van der Waals surface area contributed by atoms with E-state index in [1.165, 1.54) is 12.0 Å². The first-order valence-electron chi connectivity index (χ1n) is 7.34. The SMILES string of the molecule is CCC(C)(C)c1ccc(OCCCCN(C)C)cc1. The lowest BCUT2D eigenvalue weighted by atomic mass is 9.82. The van der Waals surface area contributed by atoms with Gasteiger partial charge in [-0.1, -0.05) is 32.9 Å². The van der Waals surface area contributed by atoms with Crippen molar-refractivity contribution in [2.45, 2.75) is 45.4 Å². The number of hydrogen-bond acceptors (Lipinski definition) is 2. The molecule has 0 spiro atoms. The van der Waals surface area contributed by atoms with Gasteiger partial charge < -0.3 is 9.64 Å². The highest BCUT2D eigenvalue weighted by molar-refractivity contribution is 5.31. The van der Waals surface area contributed by atoms with Crippen molar-refractivity contribution < 1.29 is 4.74 Å². The Hall–Kier alpha value is -1.02. The minimum Gasteiger partial charge on any atom is -0.494 e. The third-order valence-corrected chi connectivity index (χ3v) is 3.79. The maximum atomic E-state index is 5.77. The minimum absolute atomic E-state index is 0.254. The van der Waals surface area contributed by atoms with Crippen LogP contribution in [0.3, 0.4) is 0 Å². The summed E-state index contributed by atoms with van der Waals surface area (Å²) in [5.74, 6) is 0.987. The fourth-order valence-electron chi connectivity index (χ4n) is 1.93. The molecule has 1 aromatic rings. The Bertz CT molecular complexity index is 354. The molecule has 0 radical (unpaired) electrons. The normalized spacial score (nSPS) is 11.9. The van der Waals surface area contributed by atoms with Gasteiger partial charge in [-0.25, -0.2) is 0 Å². The number of unbranched alkanes of at least 4 members (excludes halogenated alkanes) is 1. The van der Waals surface area contributed by atoms with Crippen LogP contribution >= 0.6 is 0 Å². The van der Waals surface area contributed by atoms with Gasteiger partial charge in [0.05, 0.1) is 6.61 Å². The molecule has 0 N–H and O–H groups in total. The minimum atomic E-state index is 0.254. The van der Waals surface area contributed by atoms with E-state index >= 15 is 0 Å². The van der Waals surface area contributed by atoms with Crippen LogP contribution < -0.4 is 4.74 Å². The second-order valence-electron chi connectivity index (χ2n) is 6.12. The molecule has 0 heterocycles. The summed E-state index contributed by atoms with van der Waals surface area (Å²) in [7, 11) is 4.21. The molecule has 0 aliphatic rings. The Balaban J connectivity index is 2.37. The number of nitrogens with zero attached hydrogens (tertiary/aromatic N) is 1. The second-order valence-corrected chi connectivity index (χ2v) is 6.12. The Kier molecular flexibility index (Phi) is 6.36. The highest BCUT2D eigenvalue weighted by Gasteiger charge is 2.17. The van der Waals surface area contributed by atoms with E-state index < -0.39 is 0 Å². The van der Waals surface area contributed by atoms with Crippen LogP contribution in [-0.4, -0.2) is 32.1 Å². The Morgan fingerprint density at radius 1 is 1.05 bits per heavy atom.